The van der Waals surface area contributed by atoms with Gasteiger partial charge in [0.1, 0.15) is 0 Å². The lowest BCUT2D eigenvalue weighted by atomic mass is 10.2. The summed E-state index contributed by atoms with van der Waals surface area (Å²) in [5, 5.41) is 12.7. The zero-order chi connectivity index (χ0) is 15.4. The summed E-state index contributed by atoms with van der Waals surface area (Å²) in [5.74, 6) is 0. The van der Waals surface area contributed by atoms with Crippen LogP contribution in [0.5, 0.6) is 0 Å². The van der Waals surface area contributed by atoms with E-state index < -0.39 is 0 Å². The summed E-state index contributed by atoms with van der Waals surface area (Å²) in [6, 6.07) is 9.32. The van der Waals surface area contributed by atoms with Gasteiger partial charge in [0.2, 0.25) is 0 Å². The normalized spacial score (nSPS) is 10.4. The number of nitrogens with one attached hydrogen (secondary N) is 2. The van der Waals surface area contributed by atoms with E-state index in [2.05, 4.69) is 20.7 Å². The lowest BCUT2D eigenvalue weighted by Crippen LogP contribution is -2.27. The molecular formula is C15H15N5OS. The molecule has 0 aliphatic heterocycles. The predicted octanol–water partition coefficient (Wildman–Crippen LogP) is 2.87. The molecule has 0 atom stereocenters. The Morgan fingerprint density at radius 3 is 2.86 bits per heavy atom. The first-order chi connectivity index (χ1) is 10.7. The molecule has 112 valence electrons. The summed E-state index contributed by atoms with van der Waals surface area (Å²) in [5.41, 5.74) is 2.83. The molecule has 7 heteroatoms. The van der Waals surface area contributed by atoms with Crippen molar-refractivity contribution in [1.82, 2.24) is 20.1 Å². The second-order valence-corrected chi connectivity index (χ2v) is 5.61. The Balaban J connectivity index is 1.63. The van der Waals surface area contributed by atoms with Crippen LogP contribution in [0.4, 0.5) is 9.80 Å². The van der Waals surface area contributed by atoms with E-state index in [1.807, 2.05) is 42.8 Å². The number of pyridine rings is 1. The minimum atomic E-state index is -0.237. The maximum atomic E-state index is 11.8. The molecule has 0 aromatic carbocycles. The number of rotatable bonds is 4. The van der Waals surface area contributed by atoms with Crippen molar-refractivity contribution in [2.75, 3.05) is 5.32 Å². The van der Waals surface area contributed by atoms with Crippen LogP contribution in [0.3, 0.4) is 0 Å². The summed E-state index contributed by atoms with van der Waals surface area (Å²) in [6.45, 7) is 0.371. The lowest BCUT2D eigenvalue weighted by Gasteiger charge is -2.03. The SMILES string of the molecule is Cn1nc(CNC(=O)Nc2cccs2)cc1-c1ccncc1. The molecule has 0 unspecified atom stereocenters. The van der Waals surface area contributed by atoms with Crippen molar-refractivity contribution in [2.45, 2.75) is 6.54 Å². The third-order valence-electron chi connectivity index (χ3n) is 3.09. The van der Waals surface area contributed by atoms with Gasteiger partial charge in [0.15, 0.2) is 0 Å². The number of carbonyl (C=O) groups excluding carboxylic acids is 1. The maximum absolute atomic E-state index is 11.8. The number of nitrogens with zero attached hydrogens (tertiary/aromatic N) is 3. The van der Waals surface area contributed by atoms with E-state index in [0.717, 1.165) is 22.0 Å². The van der Waals surface area contributed by atoms with Gasteiger partial charge in [-0.25, -0.2) is 4.79 Å². The van der Waals surface area contributed by atoms with Crippen molar-refractivity contribution in [2.24, 2.45) is 7.05 Å². The summed E-state index contributed by atoms with van der Waals surface area (Å²) in [6.07, 6.45) is 3.49. The van der Waals surface area contributed by atoms with Crippen molar-refractivity contribution in [3.63, 3.8) is 0 Å². The second-order valence-electron chi connectivity index (χ2n) is 4.67. The monoisotopic (exact) mass is 313 g/mol. The molecule has 0 spiro atoms. The molecule has 3 aromatic heterocycles. The van der Waals surface area contributed by atoms with Crippen molar-refractivity contribution in [3.05, 3.63) is 53.8 Å². The van der Waals surface area contributed by atoms with Crippen LogP contribution in [0.1, 0.15) is 5.69 Å². The highest BCUT2D eigenvalue weighted by Crippen LogP contribution is 2.19. The van der Waals surface area contributed by atoms with Crippen LogP contribution in [-0.4, -0.2) is 20.8 Å². The van der Waals surface area contributed by atoms with E-state index in [4.69, 9.17) is 0 Å². The Morgan fingerprint density at radius 2 is 2.14 bits per heavy atom. The molecule has 0 aliphatic rings. The van der Waals surface area contributed by atoms with Crippen LogP contribution in [0.2, 0.25) is 0 Å². The maximum Gasteiger partial charge on any atom is 0.320 e. The number of hydrogen-bond donors (Lipinski definition) is 2. The van der Waals surface area contributed by atoms with E-state index in [9.17, 15) is 4.79 Å². The molecule has 0 aliphatic carbocycles. The van der Waals surface area contributed by atoms with Crippen molar-refractivity contribution in [3.8, 4) is 11.3 Å². The summed E-state index contributed by atoms with van der Waals surface area (Å²) in [7, 11) is 1.88. The summed E-state index contributed by atoms with van der Waals surface area (Å²) in [4.78, 5) is 15.8. The van der Waals surface area contributed by atoms with Gasteiger partial charge in [-0.2, -0.15) is 5.10 Å². The van der Waals surface area contributed by atoms with Gasteiger partial charge >= 0.3 is 6.03 Å². The number of amides is 2. The number of thiophene rings is 1. The molecule has 6 nitrogen and oxygen atoms in total. The minimum absolute atomic E-state index is 0.237. The first-order valence-corrected chi connectivity index (χ1v) is 7.62. The van der Waals surface area contributed by atoms with E-state index in [1.54, 1.807) is 17.1 Å². The highest BCUT2D eigenvalue weighted by molar-refractivity contribution is 7.14. The highest BCUT2D eigenvalue weighted by Gasteiger charge is 2.08. The topological polar surface area (TPSA) is 71.8 Å². The number of aromatic nitrogens is 3. The first kappa shape index (κ1) is 14.3. The molecule has 3 aromatic rings. The molecule has 0 radical (unpaired) electrons. The van der Waals surface area contributed by atoms with Crippen LogP contribution in [0.25, 0.3) is 11.3 Å². The fraction of sp³-hybridized carbons (Fsp3) is 0.133. The lowest BCUT2D eigenvalue weighted by molar-refractivity contribution is 0.251. The Bertz CT molecular complexity index is 752. The Hall–Kier alpha value is -2.67. The second kappa shape index (κ2) is 6.40. The number of aryl methyl sites for hydroxylation is 1. The first-order valence-electron chi connectivity index (χ1n) is 6.74. The number of urea groups is 1. The number of anilines is 1. The standard InChI is InChI=1S/C15H15N5OS/c1-20-13(11-4-6-16-7-5-11)9-12(19-20)10-17-15(21)18-14-3-2-8-22-14/h2-9H,10H2,1H3,(H2,17,18,21). The zero-order valence-electron chi connectivity index (χ0n) is 12.0. The third kappa shape index (κ3) is 3.32. The van der Waals surface area contributed by atoms with E-state index in [0.29, 0.717) is 6.54 Å². The number of carbonyl (C=O) groups is 1. The van der Waals surface area contributed by atoms with Gasteiger partial charge in [-0.15, -0.1) is 11.3 Å². The van der Waals surface area contributed by atoms with Crippen LogP contribution < -0.4 is 10.6 Å². The minimum Gasteiger partial charge on any atom is -0.332 e. The molecule has 3 heterocycles. The quantitative estimate of drug-likeness (QED) is 0.778. The highest BCUT2D eigenvalue weighted by atomic mass is 32.1. The van der Waals surface area contributed by atoms with Gasteiger partial charge in [0, 0.05) is 25.0 Å². The molecule has 22 heavy (non-hydrogen) atoms. The largest absolute Gasteiger partial charge is 0.332 e. The van der Waals surface area contributed by atoms with Gasteiger partial charge < -0.3 is 5.32 Å². The van der Waals surface area contributed by atoms with Crippen LogP contribution in [0, 0.1) is 0 Å². The van der Waals surface area contributed by atoms with Gasteiger partial charge in [-0.1, -0.05) is 0 Å². The van der Waals surface area contributed by atoms with Gasteiger partial charge in [0.25, 0.3) is 0 Å². The van der Waals surface area contributed by atoms with E-state index in [1.165, 1.54) is 11.3 Å². The van der Waals surface area contributed by atoms with Crippen molar-refractivity contribution >= 4 is 22.4 Å². The molecular weight excluding hydrogens is 298 g/mol. The molecule has 0 fully saturated rings. The predicted molar refractivity (Wildman–Crippen MR) is 86.6 cm³/mol. The average Bonchev–Trinajstić information content (AvgIpc) is 3.16. The van der Waals surface area contributed by atoms with Crippen molar-refractivity contribution < 1.29 is 4.79 Å². The smallest absolute Gasteiger partial charge is 0.320 e. The Morgan fingerprint density at radius 1 is 1.32 bits per heavy atom. The zero-order valence-corrected chi connectivity index (χ0v) is 12.8. The summed E-state index contributed by atoms with van der Waals surface area (Å²) >= 11 is 1.48. The van der Waals surface area contributed by atoms with Crippen LogP contribution >= 0.6 is 11.3 Å². The average molecular weight is 313 g/mol. The fourth-order valence-electron chi connectivity index (χ4n) is 2.08. The van der Waals surface area contributed by atoms with E-state index >= 15 is 0 Å². The third-order valence-corrected chi connectivity index (χ3v) is 3.88. The Labute approximate surface area is 131 Å². The fourth-order valence-corrected chi connectivity index (χ4v) is 2.69. The van der Waals surface area contributed by atoms with E-state index in [-0.39, 0.29) is 6.03 Å². The van der Waals surface area contributed by atoms with Crippen molar-refractivity contribution in [1.29, 1.82) is 0 Å². The molecule has 2 N–H and O–H groups in total. The van der Waals surface area contributed by atoms with Crippen LogP contribution in [0.15, 0.2) is 48.1 Å². The molecule has 3 rings (SSSR count). The molecule has 0 saturated heterocycles. The molecule has 0 bridgehead atoms. The molecule has 0 saturated carbocycles. The van der Waals surface area contributed by atoms with Crippen LogP contribution in [-0.2, 0) is 13.6 Å². The van der Waals surface area contributed by atoms with Gasteiger partial charge in [-0.05, 0) is 35.7 Å². The van der Waals surface area contributed by atoms with Gasteiger partial charge in [0.05, 0.1) is 22.9 Å². The summed E-state index contributed by atoms with van der Waals surface area (Å²) < 4.78 is 1.80. The van der Waals surface area contributed by atoms with Gasteiger partial charge in [-0.3, -0.25) is 15.0 Å². The Kier molecular flexibility index (Phi) is 4.15. The number of hydrogen-bond acceptors (Lipinski definition) is 4. The molecule has 2 amide bonds.